The van der Waals surface area contributed by atoms with Crippen molar-refractivity contribution in [1.29, 1.82) is 0 Å². The van der Waals surface area contributed by atoms with Crippen LogP contribution in [0.2, 0.25) is 0 Å². The van der Waals surface area contributed by atoms with Gasteiger partial charge in [-0.3, -0.25) is 0 Å². The Kier molecular flexibility index (Phi) is 3.81. The van der Waals surface area contributed by atoms with Gasteiger partial charge in [0.25, 0.3) is 11.9 Å². The molecule has 96 valence electrons. The molecule has 2 aromatic heterocycles. The second kappa shape index (κ2) is 5.19. The zero-order valence-corrected chi connectivity index (χ0v) is 10.5. The van der Waals surface area contributed by atoms with Gasteiger partial charge in [0, 0.05) is 6.42 Å². The Morgan fingerprint density at radius 3 is 2.17 bits per heavy atom. The van der Waals surface area contributed by atoms with E-state index in [1.807, 2.05) is 6.92 Å². The van der Waals surface area contributed by atoms with E-state index in [0.29, 0.717) is 24.0 Å². The number of pyridine rings is 1. The molecule has 0 spiro atoms. The smallest absolute Gasteiger partial charge is 0.213 e. The topological polar surface area (TPSA) is 38.7 Å². The molecule has 3 nitrogen and oxygen atoms in total. The highest BCUT2D eigenvalue weighted by Crippen LogP contribution is 2.34. The van der Waals surface area contributed by atoms with E-state index in [9.17, 15) is 17.6 Å². The number of aromatic nitrogens is 3. The number of hydrogen-bond acceptors (Lipinski definition) is 5. The molecule has 0 bridgehead atoms. The van der Waals surface area contributed by atoms with Gasteiger partial charge in [-0.1, -0.05) is 18.7 Å². The quantitative estimate of drug-likeness (QED) is 0.644. The summed E-state index contributed by atoms with van der Waals surface area (Å²) >= 11 is 1.38. The molecule has 0 unspecified atom stereocenters. The predicted octanol–water partition coefficient (Wildman–Crippen LogP) is 3.20. The predicted molar refractivity (Wildman–Crippen MR) is 57.5 cm³/mol. The molecule has 2 heterocycles. The summed E-state index contributed by atoms with van der Waals surface area (Å²) in [6.45, 7) is 1.81. The third kappa shape index (κ3) is 2.46. The Labute approximate surface area is 107 Å². The summed E-state index contributed by atoms with van der Waals surface area (Å²) in [7, 11) is 0. The van der Waals surface area contributed by atoms with Crippen molar-refractivity contribution in [2.75, 3.05) is 0 Å². The molecule has 0 amide bonds. The Bertz CT molecular complexity index is 561. The second-order valence-corrected chi connectivity index (χ2v) is 5.09. The first-order valence-electron chi connectivity index (χ1n) is 4.73. The minimum absolute atomic E-state index is 0.203. The maximum atomic E-state index is 13.3. The number of hydrogen-bond donors (Lipinski definition) is 0. The monoisotopic (exact) mass is 295 g/mol. The summed E-state index contributed by atoms with van der Waals surface area (Å²) in [6.07, 6.45) is 0.557. The molecular formula is C9H5F4N3S2. The minimum atomic E-state index is -1.68. The molecule has 0 aliphatic heterocycles. The number of halogens is 4. The average Bonchev–Trinajstić information content (AvgIpc) is 2.80. The van der Waals surface area contributed by atoms with Crippen LogP contribution in [0.5, 0.6) is 0 Å². The van der Waals surface area contributed by atoms with Crippen molar-refractivity contribution in [3.63, 3.8) is 0 Å². The van der Waals surface area contributed by atoms with Crippen LogP contribution in [0.1, 0.15) is 12.7 Å². The largest absolute Gasteiger partial charge is 0.252 e. The van der Waals surface area contributed by atoms with Crippen molar-refractivity contribution in [3.05, 3.63) is 29.4 Å². The first kappa shape index (κ1) is 13.2. The lowest BCUT2D eigenvalue weighted by Gasteiger charge is -2.02. The van der Waals surface area contributed by atoms with Crippen molar-refractivity contribution in [1.82, 2.24) is 14.3 Å². The Morgan fingerprint density at radius 1 is 1.06 bits per heavy atom. The molecule has 0 saturated carbocycles. The van der Waals surface area contributed by atoms with Gasteiger partial charge in [-0.05, 0) is 11.5 Å². The van der Waals surface area contributed by atoms with Crippen molar-refractivity contribution < 1.29 is 17.6 Å². The van der Waals surface area contributed by atoms with Gasteiger partial charge < -0.3 is 0 Å². The van der Waals surface area contributed by atoms with Gasteiger partial charge in [-0.15, -0.1) is 0 Å². The van der Waals surface area contributed by atoms with Gasteiger partial charge >= 0.3 is 0 Å². The van der Waals surface area contributed by atoms with Crippen LogP contribution in [0.15, 0.2) is 9.24 Å². The number of aryl methyl sites for hydroxylation is 1. The number of rotatable bonds is 3. The molecule has 0 aliphatic carbocycles. The van der Waals surface area contributed by atoms with Gasteiger partial charge in [-0.2, -0.15) is 18.1 Å². The summed E-state index contributed by atoms with van der Waals surface area (Å²) in [5, 5.41) is 0. The zero-order chi connectivity index (χ0) is 13.3. The summed E-state index contributed by atoms with van der Waals surface area (Å²) in [5.74, 6) is -5.94. The molecule has 0 aliphatic rings. The van der Waals surface area contributed by atoms with Crippen LogP contribution in [0.3, 0.4) is 0 Å². The van der Waals surface area contributed by atoms with Crippen molar-refractivity contribution >= 4 is 23.3 Å². The molecule has 0 N–H and O–H groups in total. The summed E-state index contributed by atoms with van der Waals surface area (Å²) in [5.41, 5.74) is 0. The Morgan fingerprint density at radius 2 is 1.67 bits per heavy atom. The van der Waals surface area contributed by atoms with E-state index in [2.05, 4.69) is 14.3 Å². The fourth-order valence-electron chi connectivity index (χ4n) is 1.07. The van der Waals surface area contributed by atoms with Gasteiger partial charge in [0.1, 0.15) is 5.82 Å². The van der Waals surface area contributed by atoms with Crippen LogP contribution in [0, 0.1) is 23.5 Å². The normalized spacial score (nSPS) is 10.9. The van der Waals surface area contributed by atoms with Gasteiger partial charge in [0.15, 0.2) is 16.0 Å². The van der Waals surface area contributed by atoms with Crippen LogP contribution >= 0.6 is 23.3 Å². The maximum Gasteiger partial charge on any atom is 0.252 e. The molecule has 9 heteroatoms. The first-order valence-corrected chi connectivity index (χ1v) is 6.32. The highest BCUT2D eigenvalue weighted by Gasteiger charge is 2.22. The highest BCUT2D eigenvalue weighted by molar-refractivity contribution is 8.01. The van der Waals surface area contributed by atoms with E-state index in [1.54, 1.807) is 0 Å². The molecule has 2 rings (SSSR count). The lowest BCUT2D eigenvalue weighted by molar-refractivity contribution is 0.383. The van der Waals surface area contributed by atoms with Crippen molar-refractivity contribution in [3.8, 4) is 0 Å². The zero-order valence-electron chi connectivity index (χ0n) is 8.88. The third-order valence-corrected chi connectivity index (χ3v) is 3.76. The molecule has 0 atom stereocenters. The van der Waals surface area contributed by atoms with Crippen molar-refractivity contribution in [2.45, 2.75) is 22.6 Å². The second-order valence-electron chi connectivity index (χ2n) is 3.08. The van der Waals surface area contributed by atoms with Gasteiger partial charge in [0.2, 0.25) is 0 Å². The number of nitrogens with zero attached hydrogens (tertiary/aromatic N) is 3. The SMILES string of the molecule is CCc1nsc(Sc2c(F)c(F)nc(F)c2F)n1. The Hall–Kier alpha value is -1.22. The molecule has 0 saturated heterocycles. The molecule has 18 heavy (non-hydrogen) atoms. The maximum absolute atomic E-state index is 13.3. The van der Waals surface area contributed by atoms with E-state index >= 15 is 0 Å². The van der Waals surface area contributed by atoms with Crippen LogP contribution in [0.25, 0.3) is 0 Å². The summed E-state index contributed by atoms with van der Waals surface area (Å²) in [6, 6.07) is 0. The highest BCUT2D eigenvalue weighted by atomic mass is 32.2. The van der Waals surface area contributed by atoms with Crippen LogP contribution in [0.4, 0.5) is 17.6 Å². The third-order valence-electron chi connectivity index (χ3n) is 1.91. The minimum Gasteiger partial charge on any atom is -0.213 e. The van der Waals surface area contributed by atoms with E-state index in [1.165, 1.54) is 0 Å². The fraction of sp³-hybridized carbons (Fsp3) is 0.222. The van der Waals surface area contributed by atoms with Crippen LogP contribution in [-0.4, -0.2) is 14.3 Å². The summed E-state index contributed by atoms with van der Waals surface area (Å²) < 4.78 is 56.4. The van der Waals surface area contributed by atoms with E-state index in [4.69, 9.17) is 0 Å². The van der Waals surface area contributed by atoms with Crippen LogP contribution in [-0.2, 0) is 6.42 Å². The van der Waals surface area contributed by atoms with Gasteiger partial charge in [0.05, 0.1) is 4.90 Å². The molecule has 2 aromatic rings. The molecule has 0 aromatic carbocycles. The van der Waals surface area contributed by atoms with Crippen LogP contribution < -0.4 is 0 Å². The molecular weight excluding hydrogens is 290 g/mol. The van der Waals surface area contributed by atoms with E-state index in [-0.39, 0.29) is 4.34 Å². The van der Waals surface area contributed by atoms with Gasteiger partial charge in [-0.25, -0.2) is 13.8 Å². The summed E-state index contributed by atoms with van der Waals surface area (Å²) in [4.78, 5) is 5.60. The average molecular weight is 295 g/mol. The first-order chi connectivity index (χ1) is 8.52. The lowest BCUT2D eigenvalue weighted by atomic mass is 10.4. The van der Waals surface area contributed by atoms with Crippen molar-refractivity contribution in [2.24, 2.45) is 0 Å². The fourth-order valence-corrected chi connectivity index (χ4v) is 2.75. The van der Waals surface area contributed by atoms with E-state index in [0.717, 1.165) is 11.5 Å². The Balaban J connectivity index is 2.39. The standard InChI is InChI=1S/C9H5F4N3S2/c1-2-3-14-9(18-16-3)17-6-4(10)7(12)15-8(13)5(6)11/h2H2,1H3. The molecule has 0 radical (unpaired) electrons. The lowest BCUT2D eigenvalue weighted by Crippen LogP contribution is -2.01. The van der Waals surface area contributed by atoms with E-state index < -0.39 is 28.4 Å². The molecule has 0 fully saturated rings.